The molecule has 0 unspecified atom stereocenters. The Labute approximate surface area is 182 Å². The number of aryl methyl sites for hydroxylation is 3. The Morgan fingerprint density at radius 2 is 1.94 bits per heavy atom. The van der Waals surface area contributed by atoms with Gasteiger partial charge in [-0.15, -0.1) is 0 Å². The Morgan fingerprint density at radius 1 is 1.23 bits per heavy atom. The normalized spacial score (nSPS) is 14.9. The van der Waals surface area contributed by atoms with E-state index in [1.807, 2.05) is 30.9 Å². The lowest BCUT2D eigenvalue weighted by Crippen LogP contribution is -2.39. The SMILES string of the molecule is CCOc1ccc(CCC2CCN(C(=O)c3cc(C)nc4c3c(=O)[nH]n4C)CC2)cc1. The number of rotatable bonds is 6. The summed E-state index contributed by atoms with van der Waals surface area (Å²) in [6.07, 6.45) is 4.13. The molecule has 1 fully saturated rings. The molecule has 1 aliphatic heterocycles. The summed E-state index contributed by atoms with van der Waals surface area (Å²) < 4.78 is 7.08. The van der Waals surface area contributed by atoms with Gasteiger partial charge in [0.25, 0.3) is 11.5 Å². The predicted octanol–water partition coefficient (Wildman–Crippen LogP) is 3.45. The summed E-state index contributed by atoms with van der Waals surface area (Å²) in [6, 6.07) is 10.1. The van der Waals surface area contributed by atoms with E-state index < -0.39 is 0 Å². The largest absolute Gasteiger partial charge is 0.494 e. The highest BCUT2D eigenvalue weighted by molar-refractivity contribution is 6.05. The van der Waals surface area contributed by atoms with E-state index in [2.05, 4.69) is 22.2 Å². The van der Waals surface area contributed by atoms with Gasteiger partial charge in [-0.1, -0.05) is 12.1 Å². The Hall–Kier alpha value is -3.09. The number of aromatic nitrogens is 3. The van der Waals surface area contributed by atoms with Crippen LogP contribution in [-0.2, 0) is 13.5 Å². The van der Waals surface area contributed by atoms with Crippen molar-refractivity contribution in [1.82, 2.24) is 19.7 Å². The average molecular weight is 423 g/mol. The van der Waals surface area contributed by atoms with Crippen molar-refractivity contribution in [3.8, 4) is 5.75 Å². The number of ether oxygens (including phenoxy) is 1. The van der Waals surface area contributed by atoms with Crippen LogP contribution in [0, 0.1) is 12.8 Å². The van der Waals surface area contributed by atoms with Gasteiger partial charge in [0.15, 0.2) is 5.65 Å². The lowest BCUT2D eigenvalue weighted by molar-refractivity contribution is 0.0688. The number of nitrogens with one attached hydrogen (secondary N) is 1. The quantitative estimate of drug-likeness (QED) is 0.660. The van der Waals surface area contributed by atoms with Crippen molar-refractivity contribution in [3.63, 3.8) is 0 Å². The third-order valence-corrected chi connectivity index (χ3v) is 6.15. The molecule has 2 aromatic heterocycles. The van der Waals surface area contributed by atoms with Gasteiger partial charge in [-0.2, -0.15) is 0 Å². The molecule has 0 saturated carbocycles. The number of carbonyl (C=O) groups is 1. The fraction of sp³-hybridized carbons (Fsp3) is 0.458. The highest BCUT2D eigenvalue weighted by atomic mass is 16.5. The molecule has 0 spiro atoms. The minimum absolute atomic E-state index is 0.0721. The zero-order valence-corrected chi connectivity index (χ0v) is 18.5. The maximum atomic E-state index is 13.2. The van der Waals surface area contributed by atoms with Gasteiger partial charge in [0.1, 0.15) is 5.75 Å². The summed E-state index contributed by atoms with van der Waals surface area (Å²) in [7, 11) is 1.74. The van der Waals surface area contributed by atoms with Crippen molar-refractivity contribution in [1.29, 1.82) is 0 Å². The number of piperidine rings is 1. The number of carbonyl (C=O) groups excluding carboxylic acids is 1. The van der Waals surface area contributed by atoms with Crippen LogP contribution < -0.4 is 10.3 Å². The first kappa shape index (κ1) is 21.2. The Balaban J connectivity index is 1.37. The van der Waals surface area contributed by atoms with Crippen LogP contribution in [-0.4, -0.2) is 45.3 Å². The van der Waals surface area contributed by atoms with E-state index in [-0.39, 0.29) is 11.5 Å². The lowest BCUT2D eigenvalue weighted by atomic mass is 9.90. The van der Waals surface area contributed by atoms with E-state index >= 15 is 0 Å². The zero-order chi connectivity index (χ0) is 22.0. The van der Waals surface area contributed by atoms with E-state index in [1.165, 1.54) is 5.56 Å². The second kappa shape index (κ2) is 8.96. The van der Waals surface area contributed by atoms with Crippen LogP contribution in [0.5, 0.6) is 5.75 Å². The lowest BCUT2D eigenvalue weighted by Gasteiger charge is -2.32. The monoisotopic (exact) mass is 422 g/mol. The summed E-state index contributed by atoms with van der Waals surface area (Å²) in [5.41, 5.74) is 2.77. The van der Waals surface area contributed by atoms with Crippen molar-refractivity contribution < 1.29 is 9.53 Å². The fourth-order valence-electron chi connectivity index (χ4n) is 4.44. The Kier molecular flexibility index (Phi) is 6.11. The van der Waals surface area contributed by atoms with Crippen LogP contribution in [0.4, 0.5) is 0 Å². The molecule has 1 aliphatic rings. The molecule has 3 aromatic rings. The van der Waals surface area contributed by atoms with Crippen molar-refractivity contribution >= 4 is 16.9 Å². The Bertz CT molecular complexity index is 1120. The molecular weight excluding hydrogens is 392 g/mol. The number of benzene rings is 1. The topological polar surface area (TPSA) is 80.2 Å². The number of hydrogen-bond acceptors (Lipinski definition) is 4. The van der Waals surface area contributed by atoms with E-state index in [1.54, 1.807) is 17.8 Å². The number of nitrogens with zero attached hydrogens (tertiary/aromatic N) is 3. The molecule has 1 amide bonds. The van der Waals surface area contributed by atoms with Crippen molar-refractivity contribution in [2.75, 3.05) is 19.7 Å². The van der Waals surface area contributed by atoms with Gasteiger partial charge < -0.3 is 9.64 Å². The standard InChI is InChI=1S/C24H30N4O3/c1-4-31-19-9-7-17(8-10-19)5-6-18-11-13-28(14-12-18)24(30)20-15-16(2)25-22-21(20)23(29)26-27(22)3/h7-10,15,18H,4-6,11-14H2,1-3H3,(H,26,29). The summed E-state index contributed by atoms with van der Waals surface area (Å²) >= 11 is 0. The summed E-state index contributed by atoms with van der Waals surface area (Å²) in [4.78, 5) is 31.9. The summed E-state index contributed by atoms with van der Waals surface area (Å²) in [5, 5.41) is 3.10. The van der Waals surface area contributed by atoms with Gasteiger partial charge in [0.05, 0.1) is 17.6 Å². The number of fused-ring (bicyclic) bond motifs is 1. The van der Waals surface area contributed by atoms with Crippen molar-refractivity contribution in [3.05, 3.63) is 57.5 Å². The van der Waals surface area contributed by atoms with Crippen LogP contribution in [0.3, 0.4) is 0 Å². The van der Waals surface area contributed by atoms with Gasteiger partial charge in [0, 0.05) is 25.8 Å². The first-order valence-electron chi connectivity index (χ1n) is 11.0. The first-order chi connectivity index (χ1) is 15.0. The molecule has 3 heterocycles. The molecule has 7 heteroatoms. The number of pyridine rings is 1. The number of aromatic amines is 1. The maximum absolute atomic E-state index is 13.2. The van der Waals surface area contributed by atoms with Gasteiger partial charge in [-0.25, -0.2) is 4.98 Å². The van der Waals surface area contributed by atoms with Gasteiger partial charge in [0.2, 0.25) is 0 Å². The highest BCUT2D eigenvalue weighted by Gasteiger charge is 2.26. The van der Waals surface area contributed by atoms with Gasteiger partial charge >= 0.3 is 0 Å². The molecular formula is C24H30N4O3. The smallest absolute Gasteiger partial charge is 0.274 e. The van der Waals surface area contributed by atoms with Crippen molar-refractivity contribution in [2.45, 2.75) is 39.5 Å². The third-order valence-electron chi connectivity index (χ3n) is 6.15. The van der Waals surface area contributed by atoms with E-state index in [0.29, 0.717) is 29.1 Å². The molecule has 1 aromatic carbocycles. The molecule has 31 heavy (non-hydrogen) atoms. The minimum Gasteiger partial charge on any atom is -0.494 e. The summed E-state index contributed by atoms with van der Waals surface area (Å²) in [6.45, 7) is 5.96. The van der Waals surface area contributed by atoms with Crippen LogP contribution in [0.15, 0.2) is 35.1 Å². The van der Waals surface area contributed by atoms with E-state index in [4.69, 9.17) is 4.74 Å². The van der Waals surface area contributed by atoms with Crippen LogP contribution >= 0.6 is 0 Å². The van der Waals surface area contributed by atoms with E-state index in [9.17, 15) is 9.59 Å². The molecule has 7 nitrogen and oxygen atoms in total. The molecule has 1 N–H and O–H groups in total. The molecule has 0 bridgehead atoms. The molecule has 164 valence electrons. The number of amides is 1. The predicted molar refractivity (Wildman–Crippen MR) is 121 cm³/mol. The van der Waals surface area contributed by atoms with Crippen LogP contribution in [0.2, 0.25) is 0 Å². The van der Waals surface area contributed by atoms with Gasteiger partial charge in [-0.05, 0) is 69.2 Å². The molecule has 1 saturated heterocycles. The maximum Gasteiger partial charge on any atom is 0.274 e. The number of likely N-dealkylation sites (tertiary alicyclic amines) is 1. The van der Waals surface area contributed by atoms with Crippen LogP contribution in [0.25, 0.3) is 11.0 Å². The Morgan fingerprint density at radius 3 is 2.61 bits per heavy atom. The zero-order valence-electron chi connectivity index (χ0n) is 18.5. The summed E-state index contributed by atoms with van der Waals surface area (Å²) in [5.74, 6) is 1.45. The van der Waals surface area contributed by atoms with Crippen LogP contribution in [0.1, 0.15) is 47.8 Å². The van der Waals surface area contributed by atoms with Gasteiger partial charge in [-0.3, -0.25) is 19.4 Å². The minimum atomic E-state index is -0.265. The van der Waals surface area contributed by atoms with Crippen molar-refractivity contribution in [2.24, 2.45) is 13.0 Å². The molecule has 0 radical (unpaired) electrons. The number of H-pyrrole nitrogens is 1. The molecule has 4 rings (SSSR count). The molecule has 0 aliphatic carbocycles. The second-order valence-electron chi connectivity index (χ2n) is 8.36. The van der Waals surface area contributed by atoms with E-state index in [0.717, 1.165) is 50.2 Å². The first-order valence-corrected chi connectivity index (χ1v) is 11.0. The average Bonchev–Trinajstić information content (AvgIpc) is 3.06. The highest BCUT2D eigenvalue weighted by Crippen LogP contribution is 2.25. The molecule has 0 atom stereocenters. The second-order valence-corrected chi connectivity index (χ2v) is 8.36. The fourth-order valence-corrected chi connectivity index (χ4v) is 4.44. The number of hydrogen-bond donors (Lipinski definition) is 1. The third kappa shape index (κ3) is 4.50.